The molecule has 0 spiro atoms. The van der Waals surface area contributed by atoms with Gasteiger partial charge >= 0.3 is 0 Å². The maximum atomic E-state index is 7.50. The molecule has 5 heteroatoms. The van der Waals surface area contributed by atoms with Crippen molar-refractivity contribution >= 4 is 5.84 Å². The number of nitrogens with one attached hydrogen (secondary N) is 1. The van der Waals surface area contributed by atoms with Crippen LogP contribution in [0, 0.1) is 5.41 Å². The van der Waals surface area contributed by atoms with E-state index in [4.69, 9.17) is 20.6 Å². The molecule has 0 radical (unpaired) electrons. The number of aromatic nitrogens is 1. The summed E-state index contributed by atoms with van der Waals surface area (Å²) in [6, 6.07) is 8.95. The van der Waals surface area contributed by atoms with Crippen LogP contribution in [-0.2, 0) is 0 Å². The van der Waals surface area contributed by atoms with E-state index in [1.165, 1.54) is 6.20 Å². The van der Waals surface area contributed by atoms with Gasteiger partial charge in [-0.25, -0.2) is 0 Å². The van der Waals surface area contributed by atoms with Crippen LogP contribution in [0.5, 0.6) is 17.2 Å². The zero-order valence-electron chi connectivity index (χ0n) is 11.3. The lowest BCUT2D eigenvalue weighted by Gasteiger charge is -2.10. The van der Waals surface area contributed by atoms with Crippen molar-refractivity contribution in [2.45, 2.75) is 13.3 Å². The normalized spacial score (nSPS) is 10.1. The Balaban J connectivity index is 2.12. The van der Waals surface area contributed by atoms with Crippen molar-refractivity contribution in [3.05, 3.63) is 48.3 Å². The van der Waals surface area contributed by atoms with Crippen LogP contribution in [0.15, 0.2) is 42.7 Å². The Kier molecular flexibility index (Phi) is 4.55. The van der Waals surface area contributed by atoms with E-state index in [1.54, 1.807) is 12.3 Å². The number of hydrogen-bond acceptors (Lipinski definition) is 4. The van der Waals surface area contributed by atoms with Crippen molar-refractivity contribution < 1.29 is 9.47 Å². The summed E-state index contributed by atoms with van der Waals surface area (Å²) in [4.78, 5) is 3.98. The Morgan fingerprint density at radius 1 is 1.20 bits per heavy atom. The van der Waals surface area contributed by atoms with E-state index in [0.717, 1.165) is 12.2 Å². The van der Waals surface area contributed by atoms with E-state index < -0.39 is 0 Å². The molecule has 0 amide bonds. The van der Waals surface area contributed by atoms with E-state index >= 15 is 0 Å². The lowest BCUT2D eigenvalue weighted by Crippen LogP contribution is -2.12. The third-order valence-corrected chi connectivity index (χ3v) is 2.60. The highest BCUT2D eigenvalue weighted by atomic mass is 16.5. The second-order valence-corrected chi connectivity index (χ2v) is 4.21. The van der Waals surface area contributed by atoms with Crippen LogP contribution in [-0.4, -0.2) is 17.4 Å². The number of benzene rings is 1. The molecular formula is C15H17N3O2. The second-order valence-electron chi connectivity index (χ2n) is 4.21. The molecule has 1 aromatic heterocycles. The lowest BCUT2D eigenvalue weighted by molar-refractivity contribution is 0.317. The average molecular weight is 271 g/mol. The summed E-state index contributed by atoms with van der Waals surface area (Å²) in [5, 5.41) is 7.50. The number of nitrogen functional groups attached to an aromatic ring is 1. The number of hydrogen-bond donors (Lipinski definition) is 2. The van der Waals surface area contributed by atoms with E-state index in [9.17, 15) is 0 Å². The molecule has 0 aliphatic heterocycles. The van der Waals surface area contributed by atoms with Crippen LogP contribution in [0.3, 0.4) is 0 Å². The van der Waals surface area contributed by atoms with Gasteiger partial charge in [-0.3, -0.25) is 10.4 Å². The molecule has 0 fully saturated rings. The van der Waals surface area contributed by atoms with Gasteiger partial charge in [-0.05, 0) is 36.8 Å². The fourth-order valence-electron chi connectivity index (χ4n) is 1.63. The SMILES string of the molecule is CCCOc1ccc(Oc2cnccc2C(=N)N)cc1. The maximum Gasteiger partial charge on any atom is 0.156 e. The van der Waals surface area contributed by atoms with Crippen molar-refractivity contribution in [3.8, 4) is 17.2 Å². The number of ether oxygens (including phenoxy) is 2. The van der Waals surface area contributed by atoms with Gasteiger partial charge in [0.05, 0.1) is 18.4 Å². The van der Waals surface area contributed by atoms with Crippen molar-refractivity contribution in [2.24, 2.45) is 5.73 Å². The molecule has 5 nitrogen and oxygen atoms in total. The van der Waals surface area contributed by atoms with Crippen LogP contribution in [0.2, 0.25) is 0 Å². The van der Waals surface area contributed by atoms with Gasteiger partial charge in [0, 0.05) is 6.20 Å². The van der Waals surface area contributed by atoms with Gasteiger partial charge in [0.25, 0.3) is 0 Å². The highest BCUT2D eigenvalue weighted by Crippen LogP contribution is 2.25. The van der Waals surface area contributed by atoms with Gasteiger partial charge in [-0.15, -0.1) is 0 Å². The molecule has 1 heterocycles. The molecule has 0 saturated heterocycles. The summed E-state index contributed by atoms with van der Waals surface area (Å²) in [6.45, 7) is 2.75. The van der Waals surface area contributed by atoms with Gasteiger partial charge < -0.3 is 15.2 Å². The first-order chi connectivity index (χ1) is 9.70. The monoisotopic (exact) mass is 271 g/mol. The summed E-state index contributed by atoms with van der Waals surface area (Å²) in [7, 11) is 0. The molecule has 2 rings (SSSR count). The molecule has 0 saturated carbocycles. The fraction of sp³-hybridized carbons (Fsp3) is 0.200. The van der Waals surface area contributed by atoms with E-state index in [0.29, 0.717) is 23.7 Å². The summed E-state index contributed by atoms with van der Waals surface area (Å²) in [5.41, 5.74) is 6.02. The molecule has 0 aliphatic rings. The number of pyridine rings is 1. The first kappa shape index (κ1) is 13.9. The van der Waals surface area contributed by atoms with E-state index in [-0.39, 0.29) is 5.84 Å². The molecular weight excluding hydrogens is 254 g/mol. The Bertz CT molecular complexity index is 582. The van der Waals surface area contributed by atoms with Crippen molar-refractivity contribution in [3.63, 3.8) is 0 Å². The predicted octanol–water partition coefficient (Wildman–Crippen LogP) is 2.95. The highest BCUT2D eigenvalue weighted by Gasteiger charge is 2.07. The Hall–Kier alpha value is -2.56. The van der Waals surface area contributed by atoms with Gasteiger partial charge in [0.1, 0.15) is 17.3 Å². The number of nitrogens with zero attached hydrogens (tertiary/aromatic N) is 1. The number of nitrogens with two attached hydrogens (primary N) is 1. The van der Waals surface area contributed by atoms with Crippen LogP contribution in [0.4, 0.5) is 0 Å². The quantitative estimate of drug-likeness (QED) is 0.625. The lowest BCUT2D eigenvalue weighted by atomic mass is 10.2. The van der Waals surface area contributed by atoms with Crippen LogP contribution in [0.25, 0.3) is 0 Å². The van der Waals surface area contributed by atoms with Crippen molar-refractivity contribution in [1.29, 1.82) is 5.41 Å². The maximum absolute atomic E-state index is 7.50. The van der Waals surface area contributed by atoms with Crippen LogP contribution < -0.4 is 15.2 Å². The molecule has 20 heavy (non-hydrogen) atoms. The zero-order chi connectivity index (χ0) is 14.4. The van der Waals surface area contributed by atoms with Gasteiger partial charge in [-0.1, -0.05) is 6.92 Å². The first-order valence-corrected chi connectivity index (χ1v) is 6.40. The van der Waals surface area contributed by atoms with Gasteiger partial charge in [0.2, 0.25) is 0 Å². The molecule has 0 unspecified atom stereocenters. The van der Waals surface area contributed by atoms with Gasteiger partial charge in [0.15, 0.2) is 5.75 Å². The average Bonchev–Trinajstić information content (AvgIpc) is 2.47. The summed E-state index contributed by atoms with van der Waals surface area (Å²) in [6.07, 6.45) is 4.08. The largest absolute Gasteiger partial charge is 0.494 e. The van der Waals surface area contributed by atoms with E-state index in [1.807, 2.05) is 24.3 Å². The first-order valence-electron chi connectivity index (χ1n) is 6.40. The molecule has 1 aromatic carbocycles. The third kappa shape index (κ3) is 3.47. The second kappa shape index (κ2) is 6.56. The zero-order valence-corrected chi connectivity index (χ0v) is 11.3. The third-order valence-electron chi connectivity index (χ3n) is 2.60. The topological polar surface area (TPSA) is 81.2 Å². The van der Waals surface area contributed by atoms with E-state index in [2.05, 4.69) is 11.9 Å². The highest BCUT2D eigenvalue weighted by molar-refractivity contribution is 5.97. The van der Waals surface area contributed by atoms with Gasteiger partial charge in [-0.2, -0.15) is 0 Å². The minimum Gasteiger partial charge on any atom is -0.494 e. The smallest absolute Gasteiger partial charge is 0.156 e. The minimum atomic E-state index is -0.0506. The molecule has 104 valence electrons. The number of rotatable bonds is 6. The van der Waals surface area contributed by atoms with Crippen molar-refractivity contribution in [1.82, 2.24) is 4.98 Å². The van der Waals surface area contributed by atoms with Crippen molar-refractivity contribution in [2.75, 3.05) is 6.61 Å². The fourth-order valence-corrected chi connectivity index (χ4v) is 1.63. The molecule has 2 aromatic rings. The Morgan fingerprint density at radius 2 is 1.90 bits per heavy atom. The summed E-state index contributed by atoms with van der Waals surface area (Å²) >= 11 is 0. The molecule has 0 atom stereocenters. The summed E-state index contributed by atoms with van der Waals surface area (Å²) < 4.78 is 11.2. The molecule has 0 bridgehead atoms. The molecule has 0 aliphatic carbocycles. The predicted molar refractivity (Wildman–Crippen MR) is 77.6 cm³/mol. The standard InChI is InChI=1S/C15H17N3O2/c1-2-9-19-11-3-5-12(6-4-11)20-14-10-18-8-7-13(14)15(16)17/h3-8,10H,2,9H2,1H3,(H3,16,17). The summed E-state index contributed by atoms with van der Waals surface area (Å²) in [5.74, 6) is 1.86. The Morgan fingerprint density at radius 3 is 2.55 bits per heavy atom. The molecule has 3 N–H and O–H groups in total. The van der Waals surface area contributed by atoms with Crippen LogP contribution in [0.1, 0.15) is 18.9 Å². The number of amidine groups is 1. The Labute approximate surface area is 117 Å². The van der Waals surface area contributed by atoms with Crippen LogP contribution >= 0.6 is 0 Å². The minimum absolute atomic E-state index is 0.0506.